The number of esters is 1. The van der Waals surface area contributed by atoms with Gasteiger partial charge in [0.25, 0.3) is 0 Å². The van der Waals surface area contributed by atoms with Crippen LogP contribution in [0.2, 0.25) is 0 Å². The largest absolute Gasteiger partial charge is 0.458 e. The molecule has 0 aromatic carbocycles. The minimum Gasteiger partial charge on any atom is -0.458 e. The average Bonchev–Trinajstić information content (AvgIpc) is 3.21. The van der Waals surface area contributed by atoms with Gasteiger partial charge in [0.15, 0.2) is 0 Å². The highest BCUT2D eigenvalue weighted by atomic mass is 32.1. The summed E-state index contributed by atoms with van der Waals surface area (Å²) in [5, 5.41) is 12.2. The highest BCUT2D eigenvalue weighted by molar-refractivity contribution is 7.80. The lowest BCUT2D eigenvalue weighted by Crippen LogP contribution is -2.62. The maximum atomic E-state index is 12.2. The van der Waals surface area contributed by atoms with E-state index in [2.05, 4.69) is 20.8 Å². The van der Waals surface area contributed by atoms with Gasteiger partial charge in [0.1, 0.15) is 6.61 Å². The zero-order chi connectivity index (χ0) is 20.6. The number of ether oxygens (including phenoxy) is 1. The van der Waals surface area contributed by atoms with Crippen molar-refractivity contribution in [2.75, 3.05) is 6.61 Å². The molecule has 4 aliphatic carbocycles. The van der Waals surface area contributed by atoms with Crippen LogP contribution in [-0.4, -0.2) is 28.1 Å². The smallest absolute Gasteiger partial charge is 0.331 e. The predicted molar refractivity (Wildman–Crippen MR) is 117 cm³/mol. The first-order valence-electron chi connectivity index (χ1n) is 11.8. The Kier molecular flexibility index (Phi) is 4.61. The van der Waals surface area contributed by atoms with Crippen molar-refractivity contribution < 1.29 is 14.6 Å². The van der Waals surface area contributed by atoms with Crippen molar-refractivity contribution in [3.05, 3.63) is 11.6 Å². The van der Waals surface area contributed by atoms with Crippen LogP contribution in [0.3, 0.4) is 0 Å². The van der Waals surface area contributed by atoms with Gasteiger partial charge < -0.3 is 9.84 Å². The third-order valence-corrected chi connectivity index (χ3v) is 10.9. The molecule has 8 atom stereocenters. The van der Waals surface area contributed by atoms with E-state index in [0.717, 1.165) is 37.2 Å². The van der Waals surface area contributed by atoms with Crippen molar-refractivity contribution >= 4 is 23.1 Å². The second kappa shape index (κ2) is 6.63. The van der Waals surface area contributed by atoms with Crippen LogP contribution in [0.1, 0.15) is 78.6 Å². The van der Waals surface area contributed by atoms with Gasteiger partial charge in [-0.15, -0.1) is 0 Å². The molecule has 4 heteroatoms. The molecule has 1 aliphatic heterocycles. The number of thiocarbonyl (C=S) groups is 1. The van der Waals surface area contributed by atoms with Gasteiger partial charge in [0.2, 0.25) is 0 Å². The van der Waals surface area contributed by atoms with Crippen molar-refractivity contribution in [2.45, 2.75) is 84.2 Å². The van der Waals surface area contributed by atoms with Gasteiger partial charge in [-0.1, -0.05) is 26.1 Å². The number of carbonyl (C=O) groups is 1. The first kappa shape index (κ1) is 20.2. The molecule has 160 valence electrons. The highest BCUT2D eigenvalue weighted by Crippen LogP contribution is 2.70. The van der Waals surface area contributed by atoms with Crippen molar-refractivity contribution in [3.8, 4) is 0 Å². The van der Waals surface area contributed by atoms with E-state index in [1.807, 2.05) is 0 Å². The van der Waals surface area contributed by atoms with Gasteiger partial charge in [0.05, 0.1) is 5.60 Å². The van der Waals surface area contributed by atoms with Crippen molar-refractivity contribution in [1.82, 2.24) is 0 Å². The molecule has 3 nitrogen and oxygen atoms in total. The Morgan fingerprint density at radius 3 is 2.59 bits per heavy atom. The van der Waals surface area contributed by atoms with Crippen LogP contribution in [-0.2, 0) is 9.53 Å². The Balaban J connectivity index is 1.43. The quantitative estimate of drug-likeness (QED) is 0.493. The van der Waals surface area contributed by atoms with Crippen LogP contribution in [0.5, 0.6) is 0 Å². The van der Waals surface area contributed by atoms with E-state index < -0.39 is 5.60 Å². The van der Waals surface area contributed by atoms with Crippen molar-refractivity contribution in [1.29, 1.82) is 0 Å². The topological polar surface area (TPSA) is 46.5 Å². The summed E-state index contributed by atoms with van der Waals surface area (Å²) < 4.78 is 5.23. The average molecular weight is 417 g/mol. The molecule has 0 aromatic heterocycles. The van der Waals surface area contributed by atoms with Crippen LogP contribution in [0.15, 0.2) is 11.6 Å². The number of aliphatic hydroxyl groups is 1. The lowest BCUT2D eigenvalue weighted by Gasteiger charge is -2.64. The van der Waals surface area contributed by atoms with Crippen LogP contribution in [0.4, 0.5) is 0 Å². The van der Waals surface area contributed by atoms with E-state index in [1.54, 1.807) is 6.08 Å². The number of carbonyl (C=O) groups excluding carboxylic acids is 1. The number of hydrogen-bond donors (Lipinski definition) is 1. The Labute approximate surface area is 180 Å². The number of rotatable bonds is 2. The van der Waals surface area contributed by atoms with Crippen LogP contribution < -0.4 is 0 Å². The van der Waals surface area contributed by atoms with Gasteiger partial charge in [-0.05, 0) is 110 Å². The number of fused-ring (bicyclic) bond motifs is 5. The monoisotopic (exact) mass is 416 g/mol. The maximum absolute atomic E-state index is 12.2. The molecule has 0 saturated heterocycles. The fourth-order valence-electron chi connectivity index (χ4n) is 8.78. The maximum Gasteiger partial charge on any atom is 0.331 e. The minimum atomic E-state index is -0.599. The molecule has 0 amide bonds. The number of hydrogen-bond acceptors (Lipinski definition) is 4. The Hall–Kier alpha value is -0.740. The van der Waals surface area contributed by atoms with E-state index >= 15 is 0 Å². The molecular weight excluding hydrogens is 380 g/mol. The molecule has 1 heterocycles. The molecule has 1 N–H and O–H groups in total. The van der Waals surface area contributed by atoms with Crippen LogP contribution in [0.25, 0.3) is 0 Å². The van der Waals surface area contributed by atoms with Crippen molar-refractivity contribution in [2.24, 2.45) is 40.4 Å². The predicted octanol–water partition coefficient (Wildman–Crippen LogP) is 5.25. The number of cyclic esters (lactones) is 1. The summed E-state index contributed by atoms with van der Waals surface area (Å²) in [6.45, 7) is 7.41. The molecule has 0 radical (unpaired) electrons. The summed E-state index contributed by atoms with van der Waals surface area (Å²) in [7, 11) is 0. The molecule has 4 fully saturated rings. The lowest BCUT2D eigenvalue weighted by molar-refractivity contribution is -0.205. The second-order valence-corrected chi connectivity index (χ2v) is 12.0. The Morgan fingerprint density at radius 1 is 1.10 bits per heavy atom. The van der Waals surface area contributed by atoms with Gasteiger partial charge in [-0.25, -0.2) is 4.79 Å². The van der Waals surface area contributed by atoms with Crippen molar-refractivity contribution in [3.63, 3.8) is 0 Å². The lowest BCUT2D eigenvalue weighted by atomic mass is 9.42. The fraction of sp³-hybridized carbons (Fsp3) is 0.840. The molecule has 4 saturated carbocycles. The Bertz CT molecular complexity index is 774. The highest BCUT2D eigenvalue weighted by Gasteiger charge is 2.67. The molecule has 0 bridgehead atoms. The summed E-state index contributed by atoms with van der Waals surface area (Å²) in [4.78, 5) is 12.9. The molecular formula is C25H36O3S. The molecule has 5 aliphatic rings. The van der Waals surface area contributed by atoms with E-state index in [-0.39, 0.29) is 11.4 Å². The minimum absolute atomic E-state index is 0.126. The summed E-state index contributed by atoms with van der Waals surface area (Å²) in [5.74, 6) is 2.49. The third kappa shape index (κ3) is 2.70. The van der Waals surface area contributed by atoms with E-state index in [9.17, 15) is 9.90 Å². The zero-order valence-electron chi connectivity index (χ0n) is 18.2. The molecule has 0 aromatic rings. The first-order chi connectivity index (χ1) is 13.7. The molecule has 29 heavy (non-hydrogen) atoms. The third-order valence-electron chi connectivity index (χ3n) is 10.6. The van der Waals surface area contributed by atoms with E-state index in [4.69, 9.17) is 17.0 Å². The standard InChI is InChI=1S/C25H36O3S/c1-15(29)16-6-9-23(2)18(12-16)4-5-21-20(23)7-10-24(3)19(8-11-25(21,24)27)17-13-22(26)28-14-17/h13,16,18-21,27H,4-12,14H2,1-3H3/t16-,18+,19+,20-,21+,23-,24+,25-/m0/s1. The summed E-state index contributed by atoms with van der Waals surface area (Å²) in [5.41, 5.74) is 0.756. The summed E-state index contributed by atoms with van der Waals surface area (Å²) in [6.07, 6.45) is 12.0. The van der Waals surface area contributed by atoms with Gasteiger partial charge in [-0.2, -0.15) is 0 Å². The van der Waals surface area contributed by atoms with E-state index in [1.165, 1.54) is 37.0 Å². The van der Waals surface area contributed by atoms with Gasteiger partial charge >= 0.3 is 5.97 Å². The van der Waals surface area contributed by atoms with Gasteiger partial charge in [-0.3, -0.25) is 0 Å². The van der Waals surface area contributed by atoms with Crippen LogP contribution >= 0.6 is 12.2 Å². The SMILES string of the molecule is CC(=S)[C@H]1CC[C@@]2(C)[C@H](CC[C@@H]3[C@@H]2CC[C@]2(C)[C@@H](C4=CC(=O)OC4)CC[C@]32O)C1. The fourth-order valence-corrected chi connectivity index (χ4v) is 8.99. The first-order valence-corrected chi connectivity index (χ1v) is 12.2. The Morgan fingerprint density at radius 2 is 1.90 bits per heavy atom. The normalized spacial score (nSPS) is 51.5. The summed E-state index contributed by atoms with van der Waals surface area (Å²) in [6, 6.07) is 0. The zero-order valence-corrected chi connectivity index (χ0v) is 19.0. The second-order valence-electron chi connectivity index (χ2n) is 11.4. The molecule has 0 unspecified atom stereocenters. The van der Waals surface area contributed by atoms with Crippen LogP contribution in [0, 0.1) is 40.4 Å². The molecule has 0 spiro atoms. The summed E-state index contributed by atoms with van der Waals surface area (Å²) >= 11 is 5.55. The van der Waals surface area contributed by atoms with E-state index in [0.29, 0.717) is 35.7 Å². The van der Waals surface area contributed by atoms with Gasteiger partial charge in [0, 0.05) is 11.5 Å². The molecule has 5 rings (SSSR count).